The van der Waals surface area contributed by atoms with Crippen molar-refractivity contribution in [2.24, 2.45) is 0 Å². The zero-order chi connectivity index (χ0) is 19.3. The van der Waals surface area contributed by atoms with Gasteiger partial charge in [-0.05, 0) is 24.1 Å². The molecule has 4 rings (SSSR count). The summed E-state index contributed by atoms with van der Waals surface area (Å²) >= 11 is 0. The van der Waals surface area contributed by atoms with Crippen molar-refractivity contribution < 1.29 is 13.6 Å². The fraction of sp³-hybridized carbons (Fsp3) is 0.381. The van der Waals surface area contributed by atoms with E-state index >= 15 is 0 Å². The molecule has 3 heterocycles. The van der Waals surface area contributed by atoms with E-state index in [4.69, 9.17) is 8.83 Å². The van der Waals surface area contributed by atoms with E-state index in [1.165, 1.54) is 0 Å². The Morgan fingerprint density at radius 2 is 1.96 bits per heavy atom. The van der Waals surface area contributed by atoms with E-state index in [-0.39, 0.29) is 11.9 Å². The number of nitrogens with zero attached hydrogens (tertiary/aromatic N) is 4. The first-order chi connectivity index (χ1) is 13.7. The van der Waals surface area contributed by atoms with Crippen LogP contribution in [-0.2, 0) is 17.9 Å². The maximum absolute atomic E-state index is 12.8. The molecule has 1 aromatic carbocycles. The minimum absolute atomic E-state index is 0.155. The number of benzene rings is 1. The van der Waals surface area contributed by atoms with Gasteiger partial charge in [0.25, 0.3) is 5.89 Å². The first kappa shape index (κ1) is 18.4. The van der Waals surface area contributed by atoms with Crippen molar-refractivity contribution in [3.8, 4) is 11.7 Å². The molecule has 0 saturated carbocycles. The van der Waals surface area contributed by atoms with Gasteiger partial charge >= 0.3 is 0 Å². The van der Waals surface area contributed by atoms with Crippen LogP contribution in [0.2, 0.25) is 0 Å². The first-order valence-corrected chi connectivity index (χ1v) is 9.65. The summed E-state index contributed by atoms with van der Waals surface area (Å²) < 4.78 is 11.0. The Morgan fingerprint density at radius 3 is 2.71 bits per heavy atom. The van der Waals surface area contributed by atoms with Crippen molar-refractivity contribution in [3.05, 3.63) is 60.2 Å². The molecule has 1 atom stereocenters. The third-order valence-electron chi connectivity index (χ3n) is 5.10. The Morgan fingerprint density at radius 1 is 1.11 bits per heavy atom. The molecule has 1 fully saturated rings. The van der Waals surface area contributed by atoms with E-state index in [9.17, 15) is 4.79 Å². The molecular formula is C21H24N4O3. The summed E-state index contributed by atoms with van der Waals surface area (Å²) in [6, 6.07) is 13.9. The minimum Gasteiger partial charge on any atom is -0.459 e. The first-order valence-electron chi connectivity index (χ1n) is 9.65. The molecule has 0 spiro atoms. The molecule has 28 heavy (non-hydrogen) atoms. The normalized spacial score (nSPS) is 18.4. The maximum atomic E-state index is 12.8. The van der Waals surface area contributed by atoms with Crippen LogP contribution in [-0.4, -0.2) is 45.0 Å². The van der Waals surface area contributed by atoms with E-state index in [2.05, 4.69) is 34.2 Å². The van der Waals surface area contributed by atoms with Crippen molar-refractivity contribution in [3.63, 3.8) is 0 Å². The Kier molecular flexibility index (Phi) is 5.53. The van der Waals surface area contributed by atoms with E-state index < -0.39 is 0 Å². The average molecular weight is 380 g/mol. The number of hydrogen-bond donors (Lipinski definition) is 0. The average Bonchev–Trinajstić information content (AvgIpc) is 3.38. The molecule has 2 aromatic heterocycles. The van der Waals surface area contributed by atoms with Crippen molar-refractivity contribution in [2.45, 2.75) is 38.9 Å². The number of amides is 1. The van der Waals surface area contributed by atoms with Gasteiger partial charge in [-0.15, -0.1) is 10.2 Å². The van der Waals surface area contributed by atoms with Crippen LogP contribution >= 0.6 is 0 Å². The predicted octanol–water partition coefficient (Wildman–Crippen LogP) is 3.34. The van der Waals surface area contributed by atoms with Crippen molar-refractivity contribution >= 4 is 5.91 Å². The lowest BCUT2D eigenvalue weighted by atomic mass is 10.1. The van der Waals surface area contributed by atoms with Gasteiger partial charge in [-0.3, -0.25) is 9.69 Å². The number of aromatic nitrogens is 2. The summed E-state index contributed by atoms with van der Waals surface area (Å²) in [5.74, 6) is 1.67. The summed E-state index contributed by atoms with van der Waals surface area (Å²) in [5, 5.41) is 8.19. The molecule has 0 bridgehead atoms. The van der Waals surface area contributed by atoms with Gasteiger partial charge in [0.2, 0.25) is 11.8 Å². The molecule has 0 aliphatic carbocycles. The molecule has 7 nitrogen and oxygen atoms in total. The summed E-state index contributed by atoms with van der Waals surface area (Å²) in [7, 11) is 0. The van der Waals surface area contributed by atoms with Gasteiger partial charge in [0, 0.05) is 32.1 Å². The molecule has 0 radical (unpaired) electrons. The fourth-order valence-corrected chi connectivity index (χ4v) is 3.59. The van der Waals surface area contributed by atoms with Crippen LogP contribution < -0.4 is 0 Å². The van der Waals surface area contributed by atoms with Crippen molar-refractivity contribution in [1.82, 2.24) is 20.0 Å². The number of carbonyl (C=O) groups excluding carboxylic acids is 1. The van der Waals surface area contributed by atoms with Gasteiger partial charge in [0.05, 0.1) is 12.8 Å². The topological polar surface area (TPSA) is 75.6 Å². The van der Waals surface area contributed by atoms with Gasteiger partial charge in [0.1, 0.15) is 0 Å². The Bertz CT molecular complexity index is 892. The summed E-state index contributed by atoms with van der Waals surface area (Å²) in [5.41, 5.74) is 1.16. The third-order valence-corrected chi connectivity index (χ3v) is 5.10. The molecule has 3 aromatic rings. The lowest BCUT2D eigenvalue weighted by Gasteiger charge is -2.31. The van der Waals surface area contributed by atoms with Crippen LogP contribution in [0.15, 0.2) is 57.6 Å². The van der Waals surface area contributed by atoms with Crippen LogP contribution in [0.1, 0.15) is 31.2 Å². The van der Waals surface area contributed by atoms with Gasteiger partial charge in [-0.1, -0.05) is 37.3 Å². The molecule has 7 heteroatoms. The molecule has 146 valence electrons. The zero-order valence-corrected chi connectivity index (χ0v) is 16.0. The largest absolute Gasteiger partial charge is 0.459 e. The predicted molar refractivity (Wildman–Crippen MR) is 103 cm³/mol. The molecule has 1 amide bonds. The highest BCUT2D eigenvalue weighted by Gasteiger charge is 2.29. The monoisotopic (exact) mass is 380 g/mol. The molecule has 1 aliphatic heterocycles. The summed E-state index contributed by atoms with van der Waals surface area (Å²) in [6.07, 6.45) is 2.96. The van der Waals surface area contributed by atoms with Crippen molar-refractivity contribution in [1.29, 1.82) is 0 Å². The number of hydrogen-bond acceptors (Lipinski definition) is 6. The second kappa shape index (κ2) is 8.39. The second-order valence-electron chi connectivity index (χ2n) is 7.03. The summed E-state index contributed by atoms with van der Waals surface area (Å²) in [6.45, 7) is 4.76. The maximum Gasteiger partial charge on any atom is 0.283 e. The van der Waals surface area contributed by atoms with Gasteiger partial charge < -0.3 is 13.7 Å². The molecule has 1 aliphatic rings. The van der Waals surface area contributed by atoms with Crippen molar-refractivity contribution in [2.75, 3.05) is 13.1 Å². The Hall–Kier alpha value is -2.93. The number of furan rings is 1. The smallest absolute Gasteiger partial charge is 0.283 e. The van der Waals surface area contributed by atoms with E-state index in [0.717, 1.165) is 18.5 Å². The molecule has 0 N–H and O–H groups in total. The van der Waals surface area contributed by atoms with Crippen LogP contribution in [0.25, 0.3) is 11.7 Å². The standard InChI is InChI=1S/C21H24N4O3/c1-2-17-14-24(15-19-22-23-21(28-19)18-9-6-12-27-18)11-10-20(26)25(17)13-16-7-4-3-5-8-16/h3-9,12,17H,2,10-11,13-15H2,1H3/t17-/m0/s1. The van der Waals surface area contributed by atoms with E-state index in [1.54, 1.807) is 18.4 Å². The summed E-state index contributed by atoms with van der Waals surface area (Å²) in [4.78, 5) is 17.0. The van der Waals surface area contributed by atoms with Crippen LogP contribution in [0.3, 0.4) is 0 Å². The van der Waals surface area contributed by atoms with Crippen LogP contribution in [0, 0.1) is 0 Å². The van der Waals surface area contributed by atoms with E-state index in [1.807, 2.05) is 23.1 Å². The Balaban J connectivity index is 1.45. The van der Waals surface area contributed by atoms with E-state index in [0.29, 0.717) is 43.6 Å². The molecular weight excluding hydrogens is 356 g/mol. The highest BCUT2D eigenvalue weighted by Crippen LogP contribution is 2.21. The fourth-order valence-electron chi connectivity index (χ4n) is 3.59. The van der Waals surface area contributed by atoms with Gasteiger partial charge in [-0.25, -0.2) is 0 Å². The zero-order valence-electron chi connectivity index (χ0n) is 16.0. The number of carbonyl (C=O) groups is 1. The molecule has 0 unspecified atom stereocenters. The molecule has 1 saturated heterocycles. The quantitative estimate of drug-likeness (QED) is 0.653. The highest BCUT2D eigenvalue weighted by molar-refractivity contribution is 5.77. The second-order valence-corrected chi connectivity index (χ2v) is 7.03. The van der Waals surface area contributed by atoms with Gasteiger partial charge in [0.15, 0.2) is 5.76 Å². The van der Waals surface area contributed by atoms with Crippen LogP contribution in [0.4, 0.5) is 0 Å². The SMILES string of the molecule is CC[C@H]1CN(Cc2nnc(-c3ccco3)o2)CCC(=O)N1Cc1ccccc1. The van der Waals surface area contributed by atoms with Gasteiger partial charge in [-0.2, -0.15) is 0 Å². The Labute approximate surface area is 164 Å². The minimum atomic E-state index is 0.155. The third kappa shape index (κ3) is 4.14. The van der Waals surface area contributed by atoms with Crippen LogP contribution in [0.5, 0.6) is 0 Å². The lowest BCUT2D eigenvalue weighted by molar-refractivity contribution is -0.133. The lowest BCUT2D eigenvalue weighted by Crippen LogP contribution is -2.42. The highest BCUT2D eigenvalue weighted by atomic mass is 16.4. The number of rotatable bonds is 6.